The Kier molecular flexibility index (Phi) is 7.15. The Bertz CT molecular complexity index is 2760. The Morgan fingerprint density at radius 2 is 1.09 bits per heavy atom. The van der Waals surface area contributed by atoms with Gasteiger partial charge >= 0.3 is 0 Å². The molecule has 3 nitrogen and oxygen atoms in total. The van der Waals surface area contributed by atoms with E-state index in [4.69, 9.17) is 46.4 Å². The highest BCUT2D eigenvalue weighted by molar-refractivity contribution is 6.57. The Morgan fingerprint density at radius 1 is 0.547 bits per heavy atom. The Hall–Kier alpha value is -5.16. The van der Waals surface area contributed by atoms with E-state index in [2.05, 4.69) is 133 Å². The maximum absolute atomic E-state index is 13.9. The van der Waals surface area contributed by atoms with Crippen molar-refractivity contribution in [1.29, 1.82) is 0 Å². The highest BCUT2D eigenvalue weighted by atomic mass is 35.5. The minimum absolute atomic E-state index is 0.0260. The number of ketones is 2. The lowest BCUT2D eigenvalue weighted by molar-refractivity contribution is 0.0990. The van der Waals surface area contributed by atoms with Crippen LogP contribution in [0.25, 0.3) is 28.0 Å². The largest absolute Gasteiger partial charge is 0.309 e. The number of halogens is 4. The first kappa shape index (κ1) is 32.5. The van der Waals surface area contributed by atoms with Gasteiger partial charge in [-0.25, -0.2) is 0 Å². The van der Waals surface area contributed by atoms with E-state index >= 15 is 0 Å². The predicted octanol–water partition coefficient (Wildman–Crippen LogP) is 13.4. The molecule has 0 N–H and O–H groups in total. The molecule has 1 spiro atoms. The lowest BCUT2D eigenvalue weighted by Gasteiger charge is -2.45. The standard InChI is InChI=1S/C46H25Cl4NO2/c1-24-18-20-26-10-2-3-11-27(26)43(24)51-35-17-9-8-16-33(35)46(31-14-6-4-12-28(31)29-13-5-7-15-32(29)46)34-23-25(19-21-36(34)51)22-30-44(52)37-38(45(30)53)40(48)42(50)41(49)39(37)47/h2-23H,1H3. The number of fused-ring (bicyclic) bond motifs is 11. The summed E-state index contributed by atoms with van der Waals surface area (Å²) >= 11 is 25.7. The number of benzene rings is 7. The van der Waals surface area contributed by atoms with E-state index < -0.39 is 17.0 Å². The molecule has 3 aliphatic rings. The molecule has 7 heteroatoms. The van der Waals surface area contributed by atoms with Gasteiger partial charge in [-0.1, -0.05) is 156 Å². The summed E-state index contributed by atoms with van der Waals surface area (Å²) < 4.78 is 0. The highest BCUT2D eigenvalue weighted by Gasteiger charge is 2.52. The molecule has 0 radical (unpaired) electrons. The van der Waals surface area contributed by atoms with Crippen molar-refractivity contribution in [3.05, 3.63) is 198 Å². The number of carbonyl (C=O) groups is 2. The molecule has 7 aromatic rings. The molecule has 0 unspecified atom stereocenters. The molecule has 0 atom stereocenters. The molecule has 10 rings (SSSR count). The second kappa shape index (κ2) is 11.7. The van der Waals surface area contributed by atoms with Crippen LogP contribution in [0.1, 0.15) is 54.1 Å². The maximum atomic E-state index is 13.9. The van der Waals surface area contributed by atoms with E-state index in [1.165, 1.54) is 0 Å². The molecule has 254 valence electrons. The van der Waals surface area contributed by atoms with Crippen molar-refractivity contribution in [2.45, 2.75) is 12.3 Å². The summed E-state index contributed by atoms with van der Waals surface area (Å²) in [6.45, 7) is 2.15. The zero-order chi connectivity index (χ0) is 36.3. The van der Waals surface area contributed by atoms with Crippen molar-refractivity contribution in [2.75, 3.05) is 4.90 Å². The molecule has 0 fully saturated rings. The summed E-state index contributed by atoms with van der Waals surface area (Å²) in [4.78, 5) is 30.2. The number of Topliss-reactive ketones (excluding diaryl/α,β-unsaturated/α-hetero) is 2. The van der Waals surface area contributed by atoms with E-state index in [-0.39, 0.29) is 36.8 Å². The average molecular weight is 766 g/mol. The van der Waals surface area contributed by atoms with Crippen LogP contribution in [0.4, 0.5) is 17.1 Å². The van der Waals surface area contributed by atoms with Crippen LogP contribution in [0, 0.1) is 6.92 Å². The Labute approximate surface area is 325 Å². The number of allylic oxidation sites excluding steroid dienone is 1. The first-order chi connectivity index (χ1) is 25.7. The molecular weight excluding hydrogens is 740 g/mol. The van der Waals surface area contributed by atoms with Crippen LogP contribution in [-0.2, 0) is 5.41 Å². The molecule has 7 aromatic carbocycles. The third kappa shape index (κ3) is 4.25. The number of hydrogen-bond acceptors (Lipinski definition) is 3. The van der Waals surface area contributed by atoms with Gasteiger partial charge in [0.05, 0.1) is 59.3 Å². The second-order valence-electron chi connectivity index (χ2n) is 13.6. The van der Waals surface area contributed by atoms with Crippen molar-refractivity contribution in [2.24, 2.45) is 0 Å². The van der Waals surface area contributed by atoms with E-state index in [0.29, 0.717) is 5.56 Å². The third-order valence-electron chi connectivity index (χ3n) is 11.0. The monoisotopic (exact) mass is 763 g/mol. The zero-order valence-corrected chi connectivity index (χ0v) is 31.0. The van der Waals surface area contributed by atoms with E-state index in [9.17, 15) is 9.59 Å². The van der Waals surface area contributed by atoms with Gasteiger partial charge in [-0.3, -0.25) is 9.59 Å². The molecule has 1 heterocycles. The van der Waals surface area contributed by atoms with Crippen molar-refractivity contribution >= 4 is 91.9 Å². The first-order valence-corrected chi connectivity index (χ1v) is 18.6. The second-order valence-corrected chi connectivity index (χ2v) is 15.2. The average Bonchev–Trinajstić information content (AvgIpc) is 3.62. The van der Waals surface area contributed by atoms with Gasteiger partial charge in [0.15, 0.2) is 11.6 Å². The fourth-order valence-electron chi connectivity index (χ4n) is 8.84. The van der Waals surface area contributed by atoms with Gasteiger partial charge in [-0.2, -0.15) is 0 Å². The van der Waals surface area contributed by atoms with Crippen LogP contribution in [0.15, 0.2) is 133 Å². The Balaban J connectivity index is 1.30. The molecule has 0 amide bonds. The number of hydrogen-bond donors (Lipinski definition) is 0. The molecule has 0 saturated heterocycles. The quantitative estimate of drug-likeness (QED) is 0.0761. The molecule has 53 heavy (non-hydrogen) atoms. The van der Waals surface area contributed by atoms with Gasteiger partial charge in [0, 0.05) is 5.39 Å². The highest BCUT2D eigenvalue weighted by Crippen LogP contribution is 2.64. The zero-order valence-electron chi connectivity index (χ0n) is 28.0. The van der Waals surface area contributed by atoms with Crippen molar-refractivity contribution in [3.63, 3.8) is 0 Å². The van der Waals surface area contributed by atoms with Gasteiger partial charge in [0.2, 0.25) is 0 Å². The summed E-state index contributed by atoms with van der Waals surface area (Å²) in [6, 6.07) is 44.8. The third-order valence-corrected chi connectivity index (χ3v) is 12.8. The predicted molar refractivity (Wildman–Crippen MR) is 217 cm³/mol. The van der Waals surface area contributed by atoms with Crippen LogP contribution in [0.2, 0.25) is 20.1 Å². The minimum Gasteiger partial charge on any atom is -0.309 e. The number of anilines is 3. The van der Waals surface area contributed by atoms with E-state index in [1.807, 2.05) is 6.07 Å². The summed E-state index contributed by atoms with van der Waals surface area (Å²) in [5.74, 6) is -1.09. The Morgan fingerprint density at radius 3 is 1.75 bits per heavy atom. The van der Waals surface area contributed by atoms with Crippen molar-refractivity contribution < 1.29 is 9.59 Å². The van der Waals surface area contributed by atoms with Gasteiger partial charge in [0.1, 0.15) is 0 Å². The van der Waals surface area contributed by atoms with Crippen LogP contribution in [0.3, 0.4) is 0 Å². The molecule has 2 aliphatic carbocycles. The van der Waals surface area contributed by atoms with E-state index in [1.54, 1.807) is 6.08 Å². The summed E-state index contributed by atoms with van der Waals surface area (Å²) in [6.07, 6.45) is 1.63. The SMILES string of the molecule is Cc1ccc2ccccc2c1N1c2ccccc2C2(c3ccccc3-c3ccccc32)c2cc(C=C3C(=O)c4c(Cl)c(Cl)c(Cl)c(Cl)c4C3=O)ccc21. The molecular formula is C46H25Cl4NO2. The van der Waals surface area contributed by atoms with Gasteiger partial charge in [-0.05, 0) is 81.1 Å². The first-order valence-electron chi connectivity index (χ1n) is 17.1. The number of carbonyl (C=O) groups excluding carboxylic acids is 2. The number of para-hydroxylation sites is 1. The van der Waals surface area contributed by atoms with Crippen LogP contribution < -0.4 is 4.90 Å². The van der Waals surface area contributed by atoms with Crippen LogP contribution in [0.5, 0.6) is 0 Å². The minimum atomic E-state index is -0.719. The molecule has 0 bridgehead atoms. The normalized spacial score (nSPS) is 14.7. The molecule has 1 aliphatic heterocycles. The lowest BCUT2D eigenvalue weighted by Crippen LogP contribution is -2.36. The fraction of sp³-hybridized carbons (Fsp3) is 0.0435. The van der Waals surface area contributed by atoms with Gasteiger partial charge in [-0.15, -0.1) is 0 Å². The van der Waals surface area contributed by atoms with Crippen molar-refractivity contribution in [1.82, 2.24) is 0 Å². The lowest BCUT2D eigenvalue weighted by atomic mass is 9.64. The van der Waals surface area contributed by atoms with Gasteiger partial charge in [0.25, 0.3) is 0 Å². The number of rotatable bonds is 2. The molecule has 0 saturated carbocycles. The van der Waals surface area contributed by atoms with Crippen molar-refractivity contribution in [3.8, 4) is 11.1 Å². The summed E-state index contributed by atoms with van der Waals surface area (Å²) in [5.41, 5.74) is 10.9. The number of nitrogens with zero attached hydrogens (tertiary/aromatic N) is 1. The van der Waals surface area contributed by atoms with Crippen LogP contribution >= 0.6 is 46.4 Å². The smallest absolute Gasteiger partial charge is 0.199 e. The number of aryl methyl sites for hydroxylation is 1. The summed E-state index contributed by atoms with van der Waals surface area (Å²) in [5, 5.41) is 1.99. The molecule has 0 aromatic heterocycles. The van der Waals surface area contributed by atoms with E-state index in [0.717, 1.165) is 66.8 Å². The van der Waals surface area contributed by atoms with Crippen LogP contribution in [-0.4, -0.2) is 11.6 Å². The summed E-state index contributed by atoms with van der Waals surface area (Å²) in [7, 11) is 0. The topological polar surface area (TPSA) is 37.4 Å². The van der Waals surface area contributed by atoms with Gasteiger partial charge < -0.3 is 4.90 Å². The fourth-order valence-corrected chi connectivity index (χ4v) is 9.87. The maximum Gasteiger partial charge on any atom is 0.199 e.